The predicted octanol–water partition coefficient (Wildman–Crippen LogP) is 2.28. The highest BCUT2D eigenvalue weighted by molar-refractivity contribution is 5.96. The minimum Gasteiger partial charge on any atom is -0.480 e. The fraction of sp³-hybridized carbons (Fsp3) is 0.556. The first kappa shape index (κ1) is 16.1. The summed E-state index contributed by atoms with van der Waals surface area (Å²) in [7, 11) is 1.54. The Morgan fingerprint density at radius 2 is 2.20 bits per heavy atom. The number of amides is 1. The lowest BCUT2D eigenvalue weighted by atomic mass is 9.80. The van der Waals surface area contributed by atoms with Gasteiger partial charge in [0, 0.05) is 25.7 Å². The molecular formula is C18H22N4O3. The van der Waals surface area contributed by atoms with Crippen LogP contribution < -0.4 is 4.74 Å². The minimum absolute atomic E-state index is 0.0469. The van der Waals surface area contributed by atoms with Crippen molar-refractivity contribution in [2.24, 2.45) is 5.92 Å². The Labute approximate surface area is 146 Å². The topological polar surface area (TPSA) is 81.4 Å². The van der Waals surface area contributed by atoms with Gasteiger partial charge in [-0.2, -0.15) is 0 Å². The number of methoxy groups -OCH3 is 1. The van der Waals surface area contributed by atoms with Crippen molar-refractivity contribution in [1.82, 2.24) is 20.1 Å². The second-order valence-electron chi connectivity index (χ2n) is 7.07. The van der Waals surface area contributed by atoms with Crippen molar-refractivity contribution in [3.63, 3.8) is 0 Å². The summed E-state index contributed by atoms with van der Waals surface area (Å²) in [5.74, 6) is 1.95. The van der Waals surface area contributed by atoms with Gasteiger partial charge < -0.3 is 14.1 Å². The van der Waals surface area contributed by atoms with Crippen molar-refractivity contribution in [3.05, 3.63) is 35.2 Å². The van der Waals surface area contributed by atoms with E-state index in [0.717, 1.165) is 25.0 Å². The van der Waals surface area contributed by atoms with Crippen LogP contribution in [0.25, 0.3) is 0 Å². The fourth-order valence-electron chi connectivity index (χ4n) is 4.31. The van der Waals surface area contributed by atoms with Crippen molar-refractivity contribution < 1.29 is 13.9 Å². The second-order valence-corrected chi connectivity index (χ2v) is 7.07. The Balaban J connectivity index is 1.64. The van der Waals surface area contributed by atoms with E-state index in [-0.39, 0.29) is 11.3 Å². The summed E-state index contributed by atoms with van der Waals surface area (Å²) >= 11 is 0. The number of fused-ring (bicyclic) bond motifs is 1. The number of likely N-dealkylation sites (tertiary alicyclic amines) is 1. The lowest BCUT2D eigenvalue weighted by Crippen LogP contribution is -2.35. The maximum Gasteiger partial charge on any atom is 0.259 e. The molecule has 1 aliphatic heterocycles. The molecule has 0 unspecified atom stereocenters. The Hall–Kier alpha value is -2.44. The summed E-state index contributed by atoms with van der Waals surface area (Å²) in [5, 5.41) is 8.28. The number of carbonyl (C=O) groups excluding carboxylic acids is 1. The molecule has 1 saturated carbocycles. The van der Waals surface area contributed by atoms with Crippen molar-refractivity contribution in [1.29, 1.82) is 0 Å². The molecule has 2 aromatic rings. The van der Waals surface area contributed by atoms with Crippen LogP contribution in [0.3, 0.4) is 0 Å². The Bertz CT molecular complexity index is 818. The van der Waals surface area contributed by atoms with Crippen LogP contribution in [0.2, 0.25) is 0 Å². The number of aryl methyl sites for hydroxylation is 2. The third-order valence-electron chi connectivity index (χ3n) is 5.53. The number of pyridine rings is 1. The highest BCUT2D eigenvalue weighted by atomic mass is 16.5. The van der Waals surface area contributed by atoms with Gasteiger partial charge >= 0.3 is 0 Å². The molecule has 0 spiro atoms. The number of rotatable bonds is 3. The molecule has 0 bridgehead atoms. The van der Waals surface area contributed by atoms with E-state index in [1.165, 1.54) is 0 Å². The molecule has 2 atom stereocenters. The lowest BCUT2D eigenvalue weighted by Gasteiger charge is -2.24. The first-order chi connectivity index (χ1) is 12.0. The average Bonchev–Trinajstić information content (AvgIpc) is 3.27. The molecule has 2 fully saturated rings. The maximum atomic E-state index is 13.1. The van der Waals surface area contributed by atoms with Crippen molar-refractivity contribution in [3.8, 4) is 5.88 Å². The zero-order valence-corrected chi connectivity index (χ0v) is 14.8. The molecule has 0 N–H and O–H groups in total. The standard InChI is InChI=1S/C18H22N4O3/c1-11-6-7-14(15(19-11)24-3)16(23)22-9-13-5-4-8-18(13,10-22)17-21-20-12(2)25-17/h6-7,13H,4-5,8-10H2,1-3H3/t13-,18-/m0/s1. The molecule has 2 aliphatic rings. The Morgan fingerprint density at radius 3 is 2.92 bits per heavy atom. The van der Waals surface area contributed by atoms with Gasteiger partial charge in [0.15, 0.2) is 0 Å². The molecule has 1 amide bonds. The summed E-state index contributed by atoms with van der Waals surface area (Å²) in [6, 6.07) is 3.63. The minimum atomic E-state index is -0.206. The molecule has 7 nitrogen and oxygen atoms in total. The van der Waals surface area contributed by atoms with Crippen molar-refractivity contribution >= 4 is 5.91 Å². The summed E-state index contributed by atoms with van der Waals surface area (Å²) in [6.07, 6.45) is 3.18. The fourth-order valence-corrected chi connectivity index (χ4v) is 4.31. The number of nitrogens with zero attached hydrogens (tertiary/aromatic N) is 4. The number of hydrogen-bond acceptors (Lipinski definition) is 6. The van der Waals surface area contributed by atoms with Crippen molar-refractivity contribution in [2.75, 3.05) is 20.2 Å². The van der Waals surface area contributed by atoms with Gasteiger partial charge in [-0.1, -0.05) is 6.42 Å². The third-order valence-corrected chi connectivity index (χ3v) is 5.53. The smallest absolute Gasteiger partial charge is 0.259 e. The molecule has 0 radical (unpaired) electrons. The zero-order chi connectivity index (χ0) is 17.6. The van der Waals surface area contributed by atoms with Crippen LogP contribution in [-0.2, 0) is 5.41 Å². The van der Waals surface area contributed by atoms with Gasteiger partial charge in [-0.3, -0.25) is 4.79 Å². The number of ether oxygens (including phenoxy) is 1. The average molecular weight is 342 g/mol. The summed E-state index contributed by atoms with van der Waals surface area (Å²) in [4.78, 5) is 19.3. The van der Waals surface area contributed by atoms with Crippen LogP contribution in [0.5, 0.6) is 5.88 Å². The van der Waals surface area contributed by atoms with Gasteiger partial charge in [0.2, 0.25) is 17.7 Å². The van der Waals surface area contributed by atoms with E-state index in [1.54, 1.807) is 20.1 Å². The van der Waals surface area contributed by atoms with Crippen LogP contribution >= 0.6 is 0 Å². The van der Waals surface area contributed by atoms with Crippen LogP contribution in [0.15, 0.2) is 16.5 Å². The molecule has 0 aromatic carbocycles. The lowest BCUT2D eigenvalue weighted by molar-refractivity contribution is 0.0771. The Kier molecular flexibility index (Phi) is 3.74. The second kappa shape index (κ2) is 5.82. The van der Waals surface area contributed by atoms with Crippen LogP contribution in [0.1, 0.15) is 47.1 Å². The first-order valence-corrected chi connectivity index (χ1v) is 8.65. The molecule has 3 heterocycles. The van der Waals surface area contributed by atoms with E-state index >= 15 is 0 Å². The molecule has 2 aromatic heterocycles. The van der Waals surface area contributed by atoms with E-state index < -0.39 is 0 Å². The third kappa shape index (κ3) is 2.49. The quantitative estimate of drug-likeness (QED) is 0.851. The van der Waals surface area contributed by atoms with E-state index in [1.807, 2.05) is 17.9 Å². The molecular weight excluding hydrogens is 320 g/mol. The summed E-state index contributed by atoms with van der Waals surface area (Å²) in [5.41, 5.74) is 1.12. The molecule has 4 rings (SSSR count). The predicted molar refractivity (Wildman–Crippen MR) is 89.5 cm³/mol. The largest absolute Gasteiger partial charge is 0.480 e. The van der Waals surface area contributed by atoms with Crippen LogP contribution in [-0.4, -0.2) is 46.2 Å². The highest BCUT2D eigenvalue weighted by Gasteiger charge is 2.55. The van der Waals surface area contributed by atoms with E-state index in [0.29, 0.717) is 42.2 Å². The SMILES string of the molecule is COc1nc(C)ccc1C(=O)N1C[C@@H]2CCC[C@]2(c2nnc(C)o2)C1. The Morgan fingerprint density at radius 1 is 1.36 bits per heavy atom. The first-order valence-electron chi connectivity index (χ1n) is 8.65. The van der Waals surface area contributed by atoms with Crippen molar-refractivity contribution in [2.45, 2.75) is 38.5 Å². The summed E-state index contributed by atoms with van der Waals surface area (Å²) < 4.78 is 11.1. The molecule has 132 valence electrons. The van der Waals surface area contributed by atoms with Crippen LogP contribution in [0, 0.1) is 19.8 Å². The summed E-state index contributed by atoms with van der Waals surface area (Å²) in [6.45, 7) is 4.99. The normalized spacial score (nSPS) is 25.2. The van der Waals surface area contributed by atoms with E-state index in [9.17, 15) is 4.79 Å². The molecule has 1 saturated heterocycles. The molecule has 25 heavy (non-hydrogen) atoms. The van der Waals surface area contributed by atoms with E-state index in [2.05, 4.69) is 15.2 Å². The zero-order valence-electron chi connectivity index (χ0n) is 14.8. The number of aromatic nitrogens is 3. The number of hydrogen-bond donors (Lipinski definition) is 0. The monoisotopic (exact) mass is 342 g/mol. The van der Waals surface area contributed by atoms with Gasteiger partial charge in [-0.15, -0.1) is 10.2 Å². The molecule has 1 aliphatic carbocycles. The van der Waals surface area contributed by atoms with E-state index in [4.69, 9.17) is 9.15 Å². The van der Waals surface area contributed by atoms with Gasteiger partial charge in [0.25, 0.3) is 5.91 Å². The molecule has 7 heteroatoms. The van der Waals surface area contributed by atoms with Gasteiger partial charge in [0.05, 0.1) is 12.5 Å². The van der Waals surface area contributed by atoms with Crippen LogP contribution in [0.4, 0.5) is 0 Å². The van der Waals surface area contributed by atoms with Gasteiger partial charge in [-0.25, -0.2) is 4.98 Å². The highest BCUT2D eigenvalue weighted by Crippen LogP contribution is 2.50. The van der Waals surface area contributed by atoms with Gasteiger partial charge in [0.1, 0.15) is 5.56 Å². The van der Waals surface area contributed by atoms with Gasteiger partial charge in [-0.05, 0) is 37.8 Å². The maximum absolute atomic E-state index is 13.1. The number of carbonyl (C=O) groups is 1.